The van der Waals surface area contributed by atoms with Gasteiger partial charge < -0.3 is 9.73 Å². The Morgan fingerprint density at radius 1 is 1.43 bits per heavy atom. The van der Waals surface area contributed by atoms with Crippen LogP contribution in [0.3, 0.4) is 0 Å². The highest BCUT2D eigenvalue weighted by Crippen LogP contribution is 2.16. The lowest BCUT2D eigenvalue weighted by Gasteiger charge is -2.17. The van der Waals surface area contributed by atoms with E-state index in [1.165, 1.54) is 6.42 Å². The Balaban J connectivity index is 2.42. The summed E-state index contributed by atoms with van der Waals surface area (Å²) < 4.78 is 5.36. The molecule has 0 saturated heterocycles. The van der Waals surface area contributed by atoms with Crippen LogP contribution in [-0.4, -0.2) is 13.6 Å². The standard InChI is InChI=1S/C12H21NO/c1-10(2)7-11(9-13-3)8-12-5-4-6-14-12/h4-6,10-11,13H,7-9H2,1-3H3. The molecule has 80 valence electrons. The van der Waals surface area contributed by atoms with Gasteiger partial charge in [0.2, 0.25) is 0 Å². The average Bonchev–Trinajstić information content (AvgIpc) is 2.56. The summed E-state index contributed by atoms with van der Waals surface area (Å²) in [6.45, 7) is 5.61. The van der Waals surface area contributed by atoms with E-state index in [4.69, 9.17) is 4.42 Å². The monoisotopic (exact) mass is 195 g/mol. The van der Waals surface area contributed by atoms with Crippen molar-refractivity contribution in [3.05, 3.63) is 24.2 Å². The Labute approximate surface area is 86.7 Å². The first-order chi connectivity index (χ1) is 6.72. The Morgan fingerprint density at radius 2 is 2.21 bits per heavy atom. The van der Waals surface area contributed by atoms with Gasteiger partial charge >= 0.3 is 0 Å². The molecule has 2 heteroatoms. The number of hydrogen-bond donors (Lipinski definition) is 1. The summed E-state index contributed by atoms with van der Waals surface area (Å²) in [6.07, 6.45) is 4.05. The van der Waals surface area contributed by atoms with Crippen molar-refractivity contribution in [2.24, 2.45) is 11.8 Å². The molecule has 1 rings (SSSR count). The zero-order chi connectivity index (χ0) is 10.4. The maximum Gasteiger partial charge on any atom is 0.104 e. The summed E-state index contributed by atoms with van der Waals surface area (Å²) in [7, 11) is 2.01. The quantitative estimate of drug-likeness (QED) is 0.755. The Bertz CT molecular complexity index is 228. The summed E-state index contributed by atoms with van der Waals surface area (Å²) >= 11 is 0. The zero-order valence-corrected chi connectivity index (χ0v) is 9.42. The first-order valence-corrected chi connectivity index (χ1v) is 5.39. The molecule has 0 aliphatic carbocycles. The Morgan fingerprint density at radius 3 is 2.71 bits per heavy atom. The van der Waals surface area contributed by atoms with E-state index in [-0.39, 0.29) is 0 Å². The molecule has 0 saturated carbocycles. The van der Waals surface area contributed by atoms with Crippen molar-refractivity contribution >= 4 is 0 Å². The molecule has 1 atom stereocenters. The third-order valence-electron chi connectivity index (χ3n) is 2.37. The van der Waals surface area contributed by atoms with E-state index in [9.17, 15) is 0 Å². The largest absolute Gasteiger partial charge is 0.469 e. The normalized spacial score (nSPS) is 13.4. The second kappa shape index (κ2) is 5.86. The summed E-state index contributed by atoms with van der Waals surface area (Å²) in [5.41, 5.74) is 0. The lowest BCUT2D eigenvalue weighted by atomic mass is 9.93. The van der Waals surface area contributed by atoms with Crippen LogP contribution in [0.5, 0.6) is 0 Å². The van der Waals surface area contributed by atoms with Crippen molar-refractivity contribution in [3.63, 3.8) is 0 Å². The first-order valence-electron chi connectivity index (χ1n) is 5.39. The van der Waals surface area contributed by atoms with Gasteiger partial charge in [-0.1, -0.05) is 13.8 Å². The van der Waals surface area contributed by atoms with E-state index >= 15 is 0 Å². The molecule has 0 bridgehead atoms. The average molecular weight is 195 g/mol. The number of nitrogens with one attached hydrogen (secondary N) is 1. The maximum atomic E-state index is 5.36. The minimum Gasteiger partial charge on any atom is -0.469 e. The van der Waals surface area contributed by atoms with Gasteiger partial charge in [0.15, 0.2) is 0 Å². The molecule has 0 aliphatic rings. The van der Waals surface area contributed by atoms with Crippen LogP contribution >= 0.6 is 0 Å². The van der Waals surface area contributed by atoms with Gasteiger partial charge in [0.05, 0.1) is 6.26 Å². The van der Waals surface area contributed by atoms with Crippen LogP contribution in [0, 0.1) is 11.8 Å². The van der Waals surface area contributed by atoms with E-state index in [1.807, 2.05) is 13.1 Å². The van der Waals surface area contributed by atoms with Crippen molar-refractivity contribution in [3.8, 4) is 0 Å². The van der Waals surface area contributed by atoms with Crippen LogP contribution in [0.4, 0.5) is 0 Å². The summed E-state index contributed by atoms with van der Waals surface area (Å²) in [5, 5.41) is 3.24. The third kappa shape index (κ3) is 3.97. The van der Waals surface area contributed by atoms with Gasteiger partial charge in [-0.3, -0.25) is 0 Å². The maximum absolute atomic E-state index is 5.36. The van der Waals surface area contributed by atoms with Crippen LogP contribution in [0.1, 0.15) is 26.0 Å². The van der Waals surface area contributed by atoms with Gasteiger partial charge in [-0.2, -0.15) is 0 Å². The molecule has 1 N–H and O–H groups in total. The first kappa shape index (κ1) is 11.3. The van der Waals surface area contributed by atoms with E-state index in [1.54, 1.807) is 6.26 Å². The highest BCUT2D eigenvalue weighted by molar-refractivity contribution is 4.99. The van der Waals surface area contributed by atoms with Gasteiger partial charge in [-0.05, 0) is 44.0 Å². The number of rotatable bonds is 6. The molecule has 0 amide bonds. The number of furan rings is 1. The predicted octanol–water partition coefficient (Wildman–Crippen LogP) is 2.70. The van der Waals surface area contributed by atoms with Crippen molar-refractivity contribution < 1.29 is 4.42 Å². The third-order valence-corrected chi connectivity index (χ3v) is 2.37. The predicted molar refractivity (Wildman–Crippen MR) is 59.3 cm³/mol. The Hall–Kier alpha value is -0.760. The second-order valence-corrected chi connectivity index (χ2v) is 4.34. The zero-order valence-electron chi connectivity index (χ0n) is 9.42. The molecule has 1 unspecified atom stereocenters. The van der Waals surface area contributed by atoms with Crippen molar-refractivity contribution in [1.82, 2.24) is 5.32 Å². The van der Waals surface area contributed by atoms with Crippen LogP contribution < -0.4 is 5.32 Å². The molecule has 0 radical (unpaired) electrons. The molecule has 0 aliphatic heterocycles. The molecule has 14 heavy (non-hydrogen) atoms. The molecule has 0 aromatic carbocycles. The molecule has 0 fully saturated rings. The van der Waals surface area contributed by atoms with Crippen LogP contribution in [0.25, 0.3) is 0 Å². The molecular formula is C12H21NO. The fraction of sp³-hybridized carbons (Fsp3) is 0.667. The SMILES string of the molecule is CNCC(Cc1ccco1)CC(C)C. The van der Waals surface area contributed by atoms with Crippen molar-refractivity contribution in [2.75, 3.05) is 13.6 Å². The van der Waals surface area contributed by atoms with Gasteiger partial charge in [0.25, 0.3) is 0 Å². The van der Waals surface area contributed by atoms with Gasteiger partial charge in [0.1, 0.15) is 5.76 Å². The van der Waals surface area contributed by atoms with E-state index in [0.717, 1.165) is 24.6 Å². The lowest BCUT2D eigenvalue weighted by Crippen LogP contribution is -2.22. The topological polar surface area (TPSA) is 25.2 Å². The molecule has 2 nitrogen and oxygen atoms in total. The van der Waals surface area contributed by atoms with E-state index in [0.29, 0.717) is 5.92 Å². The Kier molecular flexibility index (Phi) is 4.74. The van der Waals surface area contributed by atoms with Crippen molar-refractivity contribution in [1.29, 1.82) is 0 Å². The van der Waals surface area contributed by atoms with Gasteiger partial charge in [0, 0.05) is 6.42 Å². The summed E-state index contributed by atoms with van der Waals surface area (Å²) in [6, 6.07) is 4.02. The molecular weight excluding hydrogens is 174 g/mol. The number of hydrogen-bond acceptors (Lipinski definition) is 2. The molecule has 0 spiro atoms. The second-order valence-electron chi connectivity index (χ2n) is 4.34. The minimum absolute atomic E-state index is 0.686. The highest BCUT2D eigenvalue weighted by atomic mass is 16.3. The molecule has 1 heterocycles. The fourth-order valence-corrected chi connectivity index (χ4v) is 1.91. The van der Waals surface area contributed by atoms with E-state index < -0.39 is 0 Å². The summed E-state index contributed by atoms with van der Waals surface area (Å²) in [5.74, 6) is 2.54. The fourth-order valence-electron chi connectivity index (χ4n) is 1.91. The molecule has 1 aromatic heterocycles. The summed E-state index contributed by atoms with van der Waals surface area (Å²) in [4.78, 5) is 0. The van der Waals surface area contributed by atoms with Crippen molar-refractivity contribution in [2.45, 2.75) is 26.7 Å². The van der Waals surface area contributed by atoms with E-state index in [2.05, 4.69) is 25.2 Å². The molecule has 1 aromatic rings. The van der Waals surface area contributed by atoms with Crippen LogP contribution in [0.15, 0.2) is 22.8 Å². The van der Waals surface area contributed by atoms with Crippen LogP contribution in [0.2, 0.25) is 0 Å². The smallest absolute Gasteiger partial charge is 0.104 e. The lowest BCUT2D eigenvalue weighted by molar-refractivity contribution is 0.365. The highest BCUT2D eigenvalue weighted by Gasteiger charge is 2.12. The van der Waals surface area contributed by atoms with Gasteiger partial charge in [-0.15, -0.1) is 0 Å². The van der Waals surface area contributed by atoms with Crippen LogP contribution in [-0.2, 0) is 6.42 Å². The minimum atomic E-state index is 0.686. The van der Waals surface area contributed by atoms with Gasteiger partial charge in [-0.25, -0.2) is 0 Å².